The van der Waals surface area contributed by atoms with E-state index in [-0.39, 0.29) is 29.6 Å². The quantitative estimate of drug-likeness (QED) is 0.362. The molecule has 4 aromatic rings. The van der Waals surface area contributed by atoms with E-state index in [1.807, 2.05) is 42.1 Å². The SMILES string of the molecule is Cn1ccc2cc(N(Cc3ccc(-c4nnc(C(F)F)o4)cc3F)C(=O)N3CCSCC3)ccc21. The van der Waals surface area contributed by atoms with Crippen molar-refractivity contribution < 1.29 is 22.4 Å². The molecule has 1 aliphatic heterocycles. The van der Waals surface area contributed by atoms with Crippen LogP contribution >= 0.6 is 11.8 Å². The summed E-state index contributed by atoms with van der Waals surface area (Å²) in [5.41, 5.74) is 2.14. The van der Waals surface area contributed by atoms with Gasteiger partial charge in [-0.25, -0.2) is 9.18 Å². The molecule has 7 nitrogen and oxygen atoms in total. The van der Waals surface area contributed by atoms with E-state index in [4.69, 9.17) is 4.42 Å². The van der Waals surface area contributed by atoms with Gasteiger partial charge in [0.2, 0.25) is 5.89 Å². The van der Waals surface area contributed by atoms with Gasteiger partial charge in [-0.3, -0.25) is 4.90 Å². The highest BCUT2D eigenvalue weighted by Crippen LogP contribution is 2.29. The number of amides is 2. The van der Waals surface area contributed by atoms with Crippen LogP contribution < -0.4 is 4.90 Å². The molecule has 0 saturated carbocycles. The highest BCUT2D eigenvalue weighted by Gasteiger charge is 2.26. The number of halogens is 3. The van der Waals surface area contributed by atoms with Crippen molar-refractivity contribution in [2.75, 3.05) is 29.5 Å². The second-order valence-corrected chi connectivity index (χ2v) is 9.41. The first-order valence-corrected chi connectivity index (χ1v) is 12.2. The van der Waals surface area contributed by atoms with Crippen molar-refractivity contribution in [3.05, 3.63) is 65.9 Å². The number of benzene rings is 2. The van der Waals surface area contributed by atoms with E-state index < -0.39 is 18.1 Å². The van der Waals surface area contributed by atoms with Crippen LogP contribution in [0.4, 0.5) is 23.7 Å². The number of aromatic nitrogens is 3. The molecule has 1 aliphatic rings. The number of hydrogen-bond donors (Lipinski definition) is 0. The Kier molecular flexibility index (Phi) is 6.42. The number of anilines is 1. The van der Waals surface area contributed by atoms with Crippen molar-refractivity contribution in [2.24, 2.45) is 7.05 Å². The summed E-state index contributed by atoms with van der Waals surface area (Å²) in [5.74, 6) is 0.0828. The van der Waals surface area contributed by atoms with Crippen molar-refractivity contribution in [1.29, 1.82) is 0 Å². The Balaban J connectivity index is 1.46. The lowest BCUT2D eigenvalue weighted by molar-refractivity contribution is 0.116. The van der Waals surface area contributed by atoms with Crippen molar-refractivity contribution in [1.82, 2.24) is 19.7 Å². The van der Waals surface area contributed by atoms with E-state index in [9.17, 15) is 13.6 Å². The van der Waals surface area contributed by atoms with Crippen LogP contribution in [0.15, 0.2) is 53.1 Å². The molecule has 1 fully saturated rings. The van der Waals surface area contributed by atoms with Gasteiger partial charge in [-0.2, -0.15) is 20.5 Å². The number of rotatable bonds is 5. The number of thioether (sulfide) groups is 1. The summed E-state index contributed by atoms with van der Waals surface area (Å²) in [6.07, 6.45) is -0.965. The number of urea groups is 1. The Morgan fingerprint density at radius 2 is 1.94 bits per heavy atom. The van der Waals surface area contributed by atoms with Gasteiger partial charge in [-0.1, -0.05) is 6.07 Å². The zero-order valence-electron chi connectivity index (χ0n) is 18.8. The summed E-state index contributed by atoms with van der Waals surface area (Å²) in [6.45, 7) is 1.25. The number of carbonyl (C=O) groups excluding carboxylic acids is 1. The van der Waals surface area contributed by atoms with Crippen LogP contribution in [0.3, 0.4) is 0 Å². The predicted molar refractivity (Wildman–Crippen MR) is 128 cm³/mol. The summed E-state index contributed by atoms with van der Waals surface area (Å²) in [6, 6.07) is 11.7. The number of alkyl halides is 2. The molecule has 0 unspecified atom stereocenters. The normalized spacial score (nSPS) is 14.1. The molecule has 35 heavy (non-hydrogen) atoms. The third-order valence-electron chi connectivity index (χ3n) is 5.95. The van der Waals surface area contributed by atoms with Crippen LogP contribution in [0.5, 0.6) is 0 Å². The van der Waals surface area contributed by atoms with Gasteiger partial charge >= 0.3 is 12.5 Å². The fourth-order valence-electron chi connectivity index (χ4n) is 4.05. The van der Waals surface area contributed by atoms with Crippen LogP contribution in [-0.4, -0.2) is 50.3 Å². The van der Waals surface area contributed by atoms with Crippen LogP contribution in [0, 0.1) is 5.82 Å². The molecule has 0 N–H and O–H groups in total. The van der Waals surface area contributed by atoms with Crippen LogP contribution in [0.2, 0.25) is 0 Å². The Bertz CT molecular complexity index is 1370. The minimum Gasteiger partial charge on any atom is -0.415 e. The summed E-state index contributed by atoms with van der Waals surface area (Å²) < 4.78 is 47.6. The van der Waals surface area contributed by atoms with Gasteiger partial charge in [0.25, 0.3) is 5.89 Å². The largest absolute Gasteiger partial charge is 0.415 e. The highest BCUT2D eigenvalue weighted by atomic mass is 32.2. The van der Waals surface area contributed by atoms with Crippen molar-refractivity contribution in [3.63, 3.8) is 0 Å². The van der Waals surface area contributed by atoms with Gasteiger partial charge in [-0.05, 0) is 36.4 Å². The minimum atomic E-state index is -2.91. The maximum Gasteiger partial charge on any atom is 0.324 e. The van der Waals surface area contributed by atoms with Gasteiger partial charge in [0, 0.05) is 65.6 Å². The monoisotopic (exact) mass is 501 g/mol. The summed E-state index contributed by atoms with van der Waals surface area (Å²) in [5, 5.41) is 7.82. The molecule has 0 bridgehead atoms. The molecule has 3 heterocycles. The summed E-state index contributed by atoms with van der Waals surface area (Å²) in [7, 11) is 1.95. The molecule has 11 heteroatoms. The minimum absolute atomic E-state index is 0.000945. The molecule has 2 amide bonds. The van der Waals surface area contributed by atoms with Gasteiger partial charge in [0.15, 0.2) is 0 Å². The Labute approximate surface area is 203 Å². The Morgan fingerprint density at radius 1 is 1.14 bits per heavy atom. The van der Waals surface area contributed by atoms with Gasteiger partial charge in [0.1, 0.15) is 5.82 Å². The molecule has 182 valence electrons. The average molecular weight is 502 g/mol. The molecule has 0 spiro atoms. The number of carbonyl (C=O) groups is 1. The molecule has 0 radical (unpaired) electrons. The third-order valence-corrected chi connectivity index (χ3v) is 6.89. The van der Waals surface area contributed by atoms with E-state index in [0.717, 1.165) is 28.5 Å². The van der Waals surface area contributed by atoms with Gasteiger partial charge in [-0.15, -0.1) is 10.2 Å². The lowest BCUT2D eigenvalue weighted by atomic mass is 10.1. The van der Waals surface area contributed by atoms with E-state index in [0.29, 0.717) is 18.8 Å². The molecular weight excluding hydrogens is 479 g/mol. The first-order valence-electron chi connectivity index (χ1n) is 11.0. The smallest absolute Gasteiger partial charge is 0.324 e. The fraction of sp³-hybridized carbons (Fsp3) is 0.292. The molecular formula is C24H22F3N5O2S. The van der Waals surface area contributed by atoms with Gasteiger partial charge < -0.3 is 13.9 Å². The second kappa shape index (κ2) is 9.65. The lowest BCUT2D eigenvalue weighted by Crippen LogP contribution is -2.46. The molecule has 2 aromatic carbocycles. The number of fused-ring (bicyclic) bond motifs is 1. The lowest BCUT2D eigenvalue weighted by Gasteiger charge is -2.33. The molecule has 0 atom stereocenters. The standard InChI is InChI=1S/C24H22F3N5O2S/c1-30-7-6-15-12-18(4-5-20(15)30)32(24(33)31-8-10-35-11-9-31)14-17-3-2-16(13-19(17)25)22-28-29-23(34-22)21(26)27/h2-7,12-13,21H,8-11,14H2,1H3. The van der Waals surface area contributed by atoms with E-state index >= 15 is 4.39 Å². The van der Waals surface area contributed by atoms with Crippen molar-refractivity contribution in [2.45, 2.75) is 13.0 Å². The molecule has 5 rings (SSSR count). The summed E-state index contributed by atoms with van der Waals surface area (Å²) in [4.78, 5) is 16.9. The predicted octanol–water partition coefficient (Wildman–Crippen LogP) is 5.48. The first kappa shape index (κ1) is 23.3. The maximum absolute atomic E-state index is 15.1. The molecule has 1 saturated heterocycles. The fourth-order valence-corrected chi connectivity index (χ4v) is 4.95. The maximum atomic E-state index is 15.1. The van der Waals surface area contributed by atoms with E-state index in [1.54, 1.807) is 21.6 Å². The zero-order chi connectivity index (χ0) is 24.5. The van der Waals surface area contributed by atoms with Crippen molar-refractivity contribution in [3.8, 4) is 11.5 Å². The first-order chi connectivity index (χ1) is 16.9. The van der Waals surface area contributed by atoms with E-state index in [1.165, 1.54) is 12.1 Å². The second-order valence-electron chi connectivity index (χ2n) is 8.19. The number of aryl methyl sites for hydroxylation is 1. The Hall–Kier alpha value is -3.47. The zero-order valence-corrected chi connectivity index (χ0v) is 19.6. The number of nitrogens with zero attached hydrogens (tertiary/aromatic N) is 5. The average Bonchev–Trinajstić information content (AvgIpc) is 3.51. The van der Waals surface area contributed by atoms with Gasteiger partial charge in [0.05, 0.1) is 6.54 Å². The Morgan fingerprint density at radius 3 is 2.66 bits per heavy atom. The molecule has 2 aromatic heterocycles. The topological polar surface area (TPSA) is 67.4 Å². The number of hydrogen-bond acceptors (Lipinski definition) is 5. The third kappa shape index (κ3) is 4.72. The van der Waals surface area contributed by atoms with Crippen LogP contribution in [0.25, 0.3) is 22.4 Å². The van der Waals surface area contributed by atoms with E-state index in [2.05, 4.69) is 10.2 Å². The summed E-state index contributed by atoms with van der Waals surface area (Å²) >= 11 is 1.80. The van der Waals surface area contributed by atoms with Crippen LogP contribution in [0.1, 0.15) is 17.9 Å². The highest BCUT2D eigenvalue weighted by molar-refractivity contribution is 7.99. The van der Waals surface area contributed by atoms with Crippen LogP contribution in [-0.2, 0) is 13.6 Å². The van der Waals surface area contributed by atoms with Crippen molar-refractivity contribution >= 4 is 34.4 Å². The molecule has 0 aliphatic carbocycles.